The van der Waals surface area contributed by atoms with Crippen LogP contribution in [0.1, 0.15) is 24.2 Å². The third-order valence-electron chi connectivity index (χ3n) is 3.36. The lowest BCUT2D eigenvalue weighted by atomic mass is 10.1. The molecule has 0 aromatic heterocycles. The average Bonchev–Trinajstić information content (AvgIpc) is 2.59. The second-order valence-corrected chi connectivity index (χ2v) is 6.50. The van der Waals surface area contributed by atoms with Crippen LogP contribution in [0.5, 0.6) is 5.75 Å². The molecular formula is C18H19FO4S. The maximum Gasteiger partial charge on any atom is 0.185 e. The second kappa shape index (κ2) is 8.82. The number of carbonyl (C=O) groups excluding carboxylic acids is 1. The lowest BCUT2D eigenvalue weighted by molar-refractivity contribution is -0.109. The number of aliphatic hydroxyl groups is 2. The van der Waals surface area contributed by atoms with Crippen LogP contribution in [0.2, 0.25) is 0 Å². The molecule has 2 N–H and O–H groups in total. The number of rotatable bonds is 7. The van der Waals surface area contributed by atoms with E-state index in [-0.39, 0.29) is 16.7 Å². The maximum absolute atomic E-state index is 12.8. The molecule has 0 amide bonds. The first-order valence-electron chi connectivity index (χ1n) is 7.42. The van der Waals surface area contributed by atoms with Crippen LogP contribution in [0.15, 0.2) is 48.5 Å². The molecule has 2 aromatic rings. The van der Waals surface area contributed by atoms with Crippen LogP contribution in [-0.2, 0) is 11.4 Å². The van der Waals surface area contributed by atoms with E-state index in [9.17, 15) is 19.4 Å². The van der Waals surface area contributed by atoms with E-state index < -0.39 is 12.2 Å². The fraction of sp³-hybridized carbons (Fsp3) is 0.278. The highest BCUT2D eigenvalue weighted by atomic mass is 32.2. The topological polar surface area (TPSA) is 66.8 Å². The molecule has 6 heteroatoms. The summed E-state index contributed by atoms with van der Waals surface area (Å²) in [6.07, 6.45) is -2.09. The number of carbonyl (C=O) groups is 1. The van der Waals surface area contributed by atoms with Gasteiger partial charge >= 0.3 is 0 Å². The van der Waals surface area contributed by atoms with Gasteiger partial charge in [0.25, 0.3) is 0 Å². The van der Waals surface area contributed by atoms with Gasteiger partial charge in [0.15, 0.2) is 5.12 Å². The Balaban J connectivity index is 1.89. The van der Waals surface area contributed by atoms with Crippen LogP contribution in [-0.4, -0.2) is 27.2 Å². The predicted molar refractivity (Wildman–Crippen MR) is 91.3 cm³/mol. The lowest BCUT2D eigenvalue weighted by Crippen LogP contribution is -2.21. The number of hydrogen-bond acceptors (Lipinski definition) is 5. The molecule has 0 fully saturated rings. The fourth-order valence-corrected chi connectivity index (χ4v) is 2.61. The summed E-state index contributed by atoms with van der Waals surface area (Å²) in [4.78, 5) is 10.9. The molecule has 128 valence electrons. The smallest absolute Gasteiger partial charge is 0.185 e. The van der Waals surface area contributed by atoms with Crippen molar-refractivity contribution >= 4 is 16.9 Å². The van der Waals surface area contributed by atoms with Gasteiger partial charge in [-0.3, -0.25) is 4.79 Å². The van der Waals surface area contributed by atoms with Gasteiger partial charge in [0.05, 0.1) is 6.10 Å². The van der Waals surface area contributed by atoms with Crippen LogP contribution in [0, 0.1) is 5.82 Å². The summed E-state index contributed by atoms with van der Waals surface area (Å²) in [5.41, 5.74) is 1.39. The summed E-state index contributed by atoms with van der Waals surface area (Å²) in [7, 11) is 0. The largest absolute Gasteiger partial charge is 0.489 e. The monoisotopic (exact) mass is 350 g/mol. The molecule has 2 unspecified atom stereocenters. The summed E-state index contributed by atoms with van der Waals surface area (Å²) in [6.45, 7) is 1.72. The Morgan fingerprint density at radius 1 is 1.12 bits per heavy atom. The van der Waals surface area contributed by atoms with Crippen LogP contribution < -0.4 is 4.74 Å². The molecule has 0 spiro atoms. The van der Waals surface area contributed by atoms with Crippen LogP contribution >= 0.6 is 11.8 Å². The minimum absolute atomic E-state index is 0.106. The summed E-state index contributed by atoms with van der Waals surface area (Å²) in [6, 6.07) is 12.7. The summed E-state index contributed by atoms with van der Waals surface area (Å²) >= 11 is 0.972. The summed E-state index contributed by atoms with van der Waals surface area (Å²) in [5, 5.41) is 19.8. The van der Waals surface area contributed by atoms with Crippen molar-refractivity contribution in [3.8, 4) is 5.75 Å². The minimum atomic E-state index is -1.07. The van der Waals surface area contributed by atoms with E-state index in [1.54, 1.807) is 36.4 Å². The molecular weight excluding hydrogens is 331 g/mol. The van der Waals surface area contributed by atoms with E-state index in [1.165, 1.54) is 19.1 Å². The van der Waals surface area contributed by atoms with Crippen molar-refractivity contribution in [2.75, 3.05) is 5.75 Å². The molecule has 0 aliphatic rings. The number of benzene rings is 2. The minimum Gasteiger partial charge on any atom is -0.489 e. The van der Waals surface area contributed by atoms with Gasteiger partial charge in [-0.2, -0.15) is 0 Å². The zero-order valence-electron chi connectivity index (χ0n) is 13.2. The number of hydrogen-bond donors (Lipinski definition) is 2. The van der Waals surface area contributed by atoms with E-state index in [0.717, 1.165) is 17.3 Å². The highest BCUT2D eigenvalue weighted by Gasteiger charge is 2.19. The van der Waals surface area contributed by atoms with Gasteiger partial charge in [0.2, 0.25) is 0 Å². The van der Waals surface area contributed by atoms with Crippen molar-refractivity contribution in [2.45, 2.75) is 25.7 Å². The molecule has 0 radical (unpaired) electrons. The number of thioether (sulfide) groups is 1. The Hall–Kier alpha value is -1.89. The van der Waals surface area contributed by atoms with Gasteiger partial charge in [-0.1, -0.05) is 36.0 Å². The SMILES string of the molecule is CC(=O)SCC(O)C(O)c1ccc(OCc2ccc(F)cc2)cc1. The fourth-order valence-electron chi connectivity index (χ4n) is 2.02. The molecule has 0 bridgehead atoms. The van der Waals surface area contributed by atoms with Crippen molar-refractivity contribution in [3.05, 3.63) is 65.5 Å². The Labute approximate surface area is 144 Å². The Morgan fingerprint density at radius 3 is 2.33 bits per heavy atom. The quantitative estimate of drug-likeness (QED) is 0.803. The molecule has 2 rings (SSSR count). The van der Waals surface area contributed by atoms with Crippen molar-refractivity contribution in [3.63, 3.8) is 0 Å². The number of halogens is 1. The van der Waals surface area contributed by atoms with Gasteiger partial charge in [0.1, 0.15) is 24.3 Å². The highest BCUT2D eigenvalue weighted by molar-refractivity contribution is 8.13. The van der Waals surface area contributed by atoms with Crippen LogP contribution in [0.3, 0.4) is 0 Å². The molecule has 2 aromatic carbocycles. The van der Waals surface area contributed by atoms with E-state index in [4.69, 9.17) is 4.74 Å². The standard InChI is InChI=1S/C18H19FO4S/c1-12(20)24-11-17(21)18(22)14-4-8-16(9-5-14)23-10-13-2-6-15(19)7-3-13/h2-9,17-18,21-22H,10-11H2,1H3. The number of ether oxygens (including phenoxy) is 1. The van der Waals surface area contributed by atoms with E-state index in [2.05, 4.69) is 0 Å². The zero-order valence-corrected chi connectivity index (χ0v) is 14.0. The first-order valence-corrected chi connectivity index (χ1v) is 8.41. The van der Waals surface area contributed by atoms with Crippen molar-refractivity contribution in [2.24, 2.45) is 0 Å². The van der Waals surface area contributed by atoms with E-state index >= 15 is 0 Å². The third-order valence-corrected chi connectivity index (χ3v) is 4.28. The molecule has 0 saturated carbocycles. The summed E-state index contributed by atoms with van der Waals surface area (Å²) < 4.78 is 18.4. The van der Waals surface area contributed by atoms with Gasteiger partial charge < -0.3 is 14.9 Å². The van der Waals surface area contributed by atoms with Crippen molar-refractivity contribution < 1.29 is 24.1 Å². The highest BCUT2D eigenvalue weighted by Crippen LogP contribution is 2.23. The third kappa shape index (κ3) is 5.63. The first-order chi connectivity index (χ1) is 11.5. The van der Waals surface area contributed by atoms with Gasteiger partial charge in [-0.05, 0) is 35.4 Å². The molecule has 24 heavy (non-hydrogen) atoms. The van der Waals surface area contributed by atoms with Gasteiger partial charge in [-0.15, -0.1) is 0 Å². The van der Waals surface area contributed by atoms with Crippen molar-refractivity contribution in [1.82, 2.24) is 0 Å². The molecule has 0 aliphatic heterocycles. The molecule has 0 heterocycles. The van der Waals surface area contributed by atoms with E-state index in [1.807, 2.05) is 0 Å². The number of aliphatic hydroxyl groups excluding tert-OH is 2. The van der Waals surface area contributed by atoms with E-state index in [0.29, 0.717) is 17.9 Å². The molecule has 0 saturated heterocycles. The van der Waals surface area contributed by atoms with Gasteiger partial charge in [0, 0.05) is 12.7 Å². The predicted octanol–water partition coefficient (Wildman–Crippen LogP) is 3.08. The lowest BCUT2D eigenvalue weighted by Gasteiger charge is -2.17. The normalized spacial score (nSPS) is 13.3. The van der Waals surface area contributed by atoms with Crippen LogP contribution in [0.4, 0.5) is 4.39 Å². The summed E-state index contributed by atoms with van der Waals surface area (Å²) in [5.74, 6) is 0.445. The van der Waals surface area contributed by atoms with Crippen molar-refractivity contribution in [1.29, 1.82) is 0 Å². The molecule has 4 nitrogen and oxygen atoms in total. The Kier molecular flexibility index (Phi) is 6.78. The first kappa shape index (κ1) is 18.4. The Morgan fingerprint density at radius 2 is 1.75 bits per heavy atom. The molecule has 2 atom stereocenters. The Bertz CT molecular complexity index is 658. The average molecular weight is 350 g/mol. The van der Waals surface area contributed by atoms with Gasteiger partial charge in [-0.25, -0.2) is 4.39 Å². The maximum atomic E-state index is 12.8. The van der Waals surface area contributed by atoms with Crippen LogP contribution in [0.25, 0.3) is 0 Å². The second-order valence-electron chi connectivity index (χ2n) is 5.30. The molecule has 0 aliphatic carbocycles. The zero-order chi connectivity index (χ0) is 17.5.